The Morgan fingerprint density at radius 2 is 2.03 bits per heavy atom. The van der Waals surface area contributed by atoms with Crippen LogP contribution in [0.5, 0.6) is 11.5 Å². The molecule has 0 N–H and O–H groups in total. The minimum atomic E-state index is -0.685. The van der Waals surface area contributed by atoms with E-state index in [4.69, 9.17) is 22.3 Å². The summed E-state index contributed by atoms with van der Waals surface area (Å²) in [6.07, 6.45) is 2.16. The van der Waals surface area contributed by atoms with Crippen LogP contribution in [0.3, 0.4) is 0 Å². The van der Waals surface area contributed by atoms with Crippen LogP contribution in [-0.2, 0) is 6.54 Å². The van der Waals surface area contributed by atoms with Crippen LogP contribution in [0.1, 0.15) is 13.8 Å². The van der Waals surface area contributed by atoms with Gasteiger partial charge in [-0.1, -0.05) is 38.0 Å². The van der Waals surface area contributed by atoms with Crippen molar-refractivity contribution in [2.45, 2.75) is 36.2 Å². The molecule has 3 heterocycles. The molecular formula is C20H22BIN4O2S. The molecule has 2 aliphatic heterocycles. The van der Waals surface area contributed by atoms with E-state index in [-0.39, 0.29) is 20.7 Å². The standard InChI is InChI=1S/C20H22BIN4O2S/c1-20(2)27-14-10-12(21)16(11-15(14)28-20)29-19-24-17-13(6-7-22-18(17)23-3)26(19)9-8-25(4)5/h6-7,10-11H,3,8-9H2,1-2,4-5H3. The zero-order chi connectivity index (χ0) is 20.8. The lowest BCUT2D eigenvalue weighted by molar-refractivity contribution is -0.0431. The molecule has 2 aromatic rings. The second-order valence-corrected chi connectivity index (χ2v) is 10.8. The zero-order valence-electron chi connectivity index (χ0n) is 16.9. The van der Waals surface area contributed by atoms with E-state index in [2.05, 4.69) is 45.4 Å². The summed E-state index contributed by atoms with van der Waals surface area (Å²) in [4.78, 5) is 12.2. The number of ether oxygens (including phenoxy) is 2. The van der Waals surface area contributed by atoms with Gasteiger partial charge in [0.05, 0.1) is 5.35 Å². The van der Waals surface area contributed by atoms with Crippen molar-refractivity contribution in [1.82, 2.24) is 14.5 Å². The van der Waals surface area contributed by atoms with Crippen molar-refractivity contribution in [1.29, 1.82) is 0 Å². The molecule has 0 bridgehead atoms. The van der Waals surface area contributed by atoms with Crippen LogP contribution in [0.4, 0.5) is 0 Å². The van der Waals surface area contributed by atoms with Crippen LogP contribution in [-0.4, -0.2) is 59.5 Å². The molecule has 1 aromatic heterocycles. The fourth-order valence-electron chi connectivity index (χ4n) is 3.12. The highest BCUT2D eigenvalue weighted by molar-refractivity contribution is 14.2. The predicted molar refractivity (Wildman–Crippen MR) is 129 cm³/mol. The molecule has 150 valence electrons. The Bertz CT molecular complexity index is 1140. The first-order valence-electron chi connectivity index (χ1n) is 9.16. The lowest BCUT2D eigenvalue weighted by Crippen LogP contribution is -2.34. The normalized spacial score (nSPS) is 16.4. The van der Waals surface area contributed by atoms with Gasteiger partial charge in [-0.25, -0.2) is 4.98 Å². The van der Waals surface area contributed by atoms with Gasteiger partial charge in [-0.15, -0.1) is 0 Å². The molecule has 0 saturated heterocycles. The fourth-order valence-corrected chi connectivity index (χ4v) is 5.85. The first-order valence-corrected chi connectivity index (χ1v) is 12.3. The number of hydrogen-bond acceptors (Lipinski definition) is 6. The van der Waals surface area contributed by atoms with Crippen LogP contribution in [0.15, 0.2) is 27.2 Å². The number of imidazole rings is 1. The second kappa shape index (κ2) is 7.92. The number of aliphatic imine (C=N–C) groups is 1. The molecule has 0 amide bonds. The van der Waals surface area contributed by atoms with E-state index in [1.165, 1.54) is 0 Å². The highest BCUT2D eigenvalue weighted by Crippen LogP contribution is 2.41. The number of rotatable bonds is 6. The summed E-state index contributed by atoms with van der Waals surface area (Å²) < 4.78 is 17.1. The van der Waals surface area contributed by atoms with E-state index in [1.807, 2.05) is 26.0 Å². The Kier molecular flexibility index (Phi) is 5.65. The monoisotopic (exact) mass is 520 g/mol. The van der Waals surface area contributed by atoms with Crippen molar-refractivity contribution in [3.8, 4) is 11.5 Å². The summed E-state index contributed by atoms with van der Waals surface area (Å²) in [6.45, 7) is 9.23. The molecule has 9 heteroatoms. The van der Waals surface area contributed by atoms with Gasteiger partial charge >= 0.3 is 0 Å². The molecule has 0 saturated carbocycles. The van der Waals surface area contributed by atoms with Gasteiger partial charge in [0.15, 0.2) is 16.7 Å². The SMILES string of the molecule is [B]c1cc2c(cc1Sc1nc3c(n1CCN(C)C)=CC=IC=3N=C)OC(C)(C)O2. The summed E-state index contributed by atoms with van der Waals surface area (Å²) in [7, 11) is 10.5. The molecular weight excluding hydrogens is 498 g/mol. The van der Waals surface area contributed by atoms with Crippen LogP contribution in [0, 0.1) is 0 Å². The second-order valence-electron chi connectivity index (χ2n) is 7.48. The quantitative estimate of drug-likeness (QED) is 0.249. The van der Waals surface area contributed by atoms with E-state index < -0.39 is 5.79 Å². The molecule has 0 fully saturated rings. The number of benzene rings is 1. The highest BCUT2D eigenvalue weighted by Gasteiger charge is 2.32. The lowest BCUT2D eigenvalue weighted by atomic mass is 9.96. The van der Waals surface area contributed by atoms with E-state index in [9.17, 15) is 0 Å². The molecule has 0 unspecified atom stereocenters. The van der Waals surface area contributed by atoms with Crippen LogP contribution < -0.4 is 25.6 Å². The van der Waals surface area contributed by atoms with E-state index >= 15 is 0 Å². The third-order valence-electron chi connectivity index (χ3n) is 4.45. The van der Waals surface area contributed by atoms with E-state index in [0.29, 0.717) is 17.0 Å². The predicted octanol–water partition coefficient (Wildman–Crippen LogP) is 1.23. The molecule has 29 heavy (non-hydrogen) atoms. The van der Waals surface area contributed by atoms with Crippen molar-refractivity contribution in [3.63, 3.8) is 0 Å². The molecule has 1 aromatic carbocycles. The summed E-state index contributed by atoms with van der Waals surface area (Å²) >= 11 is 1.25. The Hall–Kier alpha value is -1.59. The fraction of sp³-hybridized carbons (Fsp3) is 0.350. The van der Waals surface area contributed by atoms with Crippen LogP contribution in [0.25, 0.3) is 9.78 Å². The Labute approximate surface area is 185 Å². The number of nitrogens with zero attached hydrogens (tertiary/aromatic N) is 4. The average molecular weight is 520 g/mol. The minimum absolute atomic E-state index is 0.294. The number of fused-ring (bicyclic) bond motifs is 2. The Balaban J connectivity index is 1.77. The van der Waals surface area contributed by atoms with Crippen molar-refractivity contribution in [2.24, 2.45) is 4.99 Å². The molecule has 0 aliphatic carbocycles. The van der Waals surface area contributed by atoms with Crippen molar-refractivity contribution >= 4 is 66.3 Å². The number of halogens is 1. The Morgan fingerprint density at radius 3 is 2.72 bits per heavy atom. The maximum Gasteiger partial charge on any atom is 0.246 e. The highest BCUT2D eigenvalue weighted by atomic mass is 127. The molecule has 0 spiro atoms. The average Bonchev–Trinajstić information content (AvgIpc) is 3.15. The van der Waals surface area contributed by atoms with Gasteiger partial charge in [0, 0.05) is 31.8 Å². The maximum absolute atomic E-state index is 6.33. The Morgan fingerprint density at radius 1 is 1.31 bits per heavy atom. The van der Waals surface area contributed by atoms with Crippen molar-refractivity contribution in [2.75, 3.05) is 20.6 Å². The first-order chi connectivity index (χ1) is 13.8. The molecule has 6 nitrogen and oxygen atoms in total. The summed E-state index contributed by atoms with van der Waals surface area (Å²) in [5, 5.41) is 2.92. The van der Waals surface area contributed by atoms with Gasteiger partial charge in [0.1, 0.15) is 16.9 Å². The van der Waals surface area contributed by atoms with Gasteiger partial charge in [-0.2, -0.15) is 0 Å². The van der Waals surface area contributed by atoms with Gasteiger partial charge in [-0.3, -0.25) is 4.99 Å². The third kappa shape index (κ3) is 4.17. The largest absolute Gasteiger partial charge is 0.449 e. The zero-order valence-corrected chi connectivity index (χ0v) is 19.9. The smallest absolute Gasteiger partial charge is 0.246 e. The number of hydrogen-bond donors (Lipinski definition) is 0. The van der Waals surface area contributed by atoms with Gasteiger partial charge in [0.2, 0.25) is 5.79 Å². The topological polar surface area (TPSA) is 51.9 Å². The maximum atomic E-state index is 6.33. The summed E-state index contributed by atoms with van der Waals surface area (Å²) in [5.74, 6) is 0.690. The molecule has 4 rings (SSSR count). The van der Waals surface area contributed by atoms with Gasteiger partial charge < -0.3 is 18.9 Å². The van der Waals surface area contributed by atoms with Crippen LogP contribution in [0.2, 0.25) is 0 Å². The number of aromatic nitrogens is 2. The third-order valence-corrected chi connectivity index (χ3v) is 7.68. The van der Waals surface area contributed by atoms with Crippen molar-refractivity contribution in [3.05, 3.63) is 22.8 Å². The van der Waals surface area contributed by atoms with Gasteiger partial charge in [0.25, 0.3) is 0 Å². The molecule has 0 atom stereocenters. The molecule has 2 radical (unpaired) electrons. The van der Waals surface area contributed by atoms with Crippen molar-refractivity contribution < 1.29 is 9.47 Å². The summed E-state index contributed by atoms with van der Waals surface area (Å²) in [5.41, 5.74) is 0.643. The minimum Gasteiger partial charge on any atom is -0.449 e. The van der Waals surface area contributed by atoms with E-state index in [0.717, 1.165) is 37.5 Å². The van der Waals surface area contributed by atoms with Gasteiger partial charge in [-0.05, 0) is 43.0 Å². The summed E-state index contributed by atoms with van der Waals surface area (Å²) in [6, 6.07) is 3.76. The molecule has 2 aliphatic rings. The van der Waals surface area contributed by atoms with E-state index in [1.54, 1.807) is 11.8 Å². The lowest BCUT2D eigenvalue weighted by Gasteiger charge is -2.16. The number of likely N-dealkylation sites (N-methyl/N-ethyl adjacent to an activating group) is 1. The first kappa shape index (κ1) is 20.7. The van der Waals surface area contributed by atoms with Crippen LogP contribution >= 0.6 is 32.5 Å².